The third-order valence-electron chi connectivity index (χ3n) is 2.91. The van der Waals surface area contributed by atoms with Crippen molar-refractivity contribution in [3.63, 3.8) is 0 Å². The van der Waals surface area contributed by atoms with Crippen molar-refractivity contribution < 1.29 is 5.11 Å². The molecular weight excluding hydrogens is 407 g/mol. The molecule has 0 spiro atoms. The molecule has 1 unspecified atom stereocenters. The number of aromatic nitrogens is 2. The molecule has 1 heterocycles. The fraction of sp³-hybridized carbons (Fsp3) is 0.308. The molecule has 0 fully saturated rings. The number of halogens is 2. The van der Waals surface area contributed by atoms with Crippen molar-refractivity contribution in [2.24, 2.45) is 7.05 Å². The Morgan fingerprint density at radius 1 is 1.44 bits per heavy atom. The van der Waals surface area contributed by atoms with Gasteiger partial charge in [-0.2, -0.15) is 5.10 Å². The predicted molar refractivity (Wildman–Crippen MR) is 83.3 cm³/mol. The van der Waals surface area contributed by atoms with E-state index < -0.39 is 6.10 Å². The van der Waals surface area contributed by atoms with Crippen LogP contribution in [-0.2, 0) is 13.5 Å². The molecule has 0 amide bonds. The largest absolute Gasteiger partial charge is 0.388 e. The summed E-state index contributed by atoms with van der Waals surface area (Å²) in [5, 5.41) is 14.4. The second-order valence-electron chi connectivity index (χ2n) is 4.17. The second kappa shape index (κ2) is 6.16. The monoisotopic (exact) mass is 420 g/mol. The molecule has 0 aliphatic carbocycles. The van der Waals surface area contributed by atoms with E-state index in [0.717, 1.165) is 25.7 Å². The van der Waals surface area contributed by atoms with Gasteiger partial charge in [0.15, 0.2) is 0 Å². The zero-order chi connectivity index (χ0) is 13.1. The van der Waals surface area contributed by atoms with Crippen molar-refractivity contribution in [3.8, 4) is 0 Å². The number of rotatable bonds is 4. The summed E-state index contributed by atoms with van der Waals surface area (Å²) in [4.78, 5) is 0. The van der Waals surface area contributed by atoms with Crippen LogP contribution in [0.3, 0.4) is 0 Å². The Morgan fingerprint density at radius 2 is 2.22 bits per heavy atom. The highest BCUT2D eigenvalue weighted by molar-refractivity contribution is 14.1. The van der Waals surface area contributed by atoms with Crippen molar-refractivity contribution >= 4 is 38.5 Å². The number of benzene rings is 1. The molecule has 2 aromatic rings. The fourth-order valence-electron chi connectivity index (χ4n) is 1.86. The highest BCUT2D eigenvalue weighted by atomic mass is 127. The van der Waals surface area contributed by atoms with E-state index in [1.807, 2.05) is 36.0 Å². The van der Waals surface area contributed by atoms with Gasteiger partial charge in [-0.1, -0.05) is 15.9 Å². The molecule has 0 bridgehead atoms. The topological polar surface area (TPSA) is 38.0 Å². The summed E-state index contributed by atoms with van der Waals surface area (Å²) in [7, 11) is 1.92. The Morgan fingerprint density at radius 3 is 2.89 bits per heavy atom. The summed E-state index contributed by atoms with van der Waals surface area (Å²) in [5.41, 5.74) is 2.08. The molecule has 1 aromatic heterocycles. The van der Waals surface area contributed by atoms with E-state index in [1.165, 1.54) is 0 Å². The van der Waals surface area contributed by atoms with Gasteiger partial charge < -0.3 is 5.11 Å². The molecule has 0 aliphatic heterocycles. The van der Waals surface area contributed by atoms with Gasteiger partial charge in [0.25, 0.3) is 0 Å². The summed E-state index contributed by atoms with van der Waals surface area (Å²) >= 11 is 5.74. The van der Waals surface area contributed by atoms with Gasteiger partial charge in [-0.3, -0.25) is 4.68 Å². The van der Waals surface area contributed by atoms with Gasteiger partial charge in [0.1, 0.15) is 0 Å². The third kappa shape index (κ3) is 3.33. The van der Waals surface area contributed by atoms with Crippen LogP contribution in [0.25, 0.3) is 0 Å². The van der Waals surface area contributed by atoms with E-state index in [9.17, 15) is 5.11 Å². The van der Waals surface area contributed by atoms with Gasteiger partial charge in [-0.25, -0.2) is 0 Å². The number of hydrogen-bond donors (Lipinski definition) is 1. The number of aliphatic hydroxyl groups is 1. The van der Waals surface area contributed by atoms with Gasteiger partial charge in [-0.05, 0) is 65.3 Å². The molecule has 3 nitrogen and oxygen atoms in total. The fourth-order valence-corrected chi connectivity index (χ4v) is 2.88. The SMILES string of the molecule is Cn1nccc1CCC(O)c1cc(I)ccc1Br. The van der Waals surface area contributed by atoms with E-state index >= 15 is 0 Å². The van der Waals surface area contributed by atoms with E-state index in [1.54, 1.807) is 6.20 Å². The van der Waals surface area contributed by atoms with E-state index in [2.05, 4.69) is 43.6 Å². The first kappa shape index (κ1) is 14.0. The van der Waals surface area contributed by atoms with Gasteiger partial charge in [0.05, 0.1) is 6.10 Å². The maximum Gasteiger partial charge on any atom is 0.0805 e. The van der Waals surface area contributed by atoms with Crippen LogP contribution in [0.5, 0.6) is 0 Å². The zero-order valence-electron chi connectivity index (χ0n) is 9.98. The lowest BCUT2D eigenvalue weighted by molar-refractivity contribution is 0.166. The lowest BCUT2D eigenvalue weighted by atomic mass is 10.0. The maximum absolute atomic E-state index is 10.3. The molecule has 0 saturated carbocycles. The van der Waals surface area contributed by atoms with Crippen LogP contribution < -0.4 is 0 Å². The van der Waals surface area contributed by atoms with Gasteiger partial charge in [-0.15, -0.1) is 0 Å². The molecule has 5 heteroatoms. The molecule has 96 valence electrons. The van der Waals surface area contributed by atoms with Crippen molar-refractivity contribution in [3.05, 3.63) is 49.8 Å². The minimum atomic E-state index is -0.455. The zero-order valence-corrected chi connectivity index (χ0v) is 13.7. The normalized spacial score (nSPS) is 12.7. The Balaban J connectivity index is 2.06. The minimum Gasteiger partial charge on any atom is -0.388 e. The highest BCUT2D eigenvalue weighted by Gasteiger charge is 2.12. The summed E-state index contributed by atoms with van der Waals surface area (Å²) < 4.78 is 3.93. The summed E-state index contributed by atoms with van der Waals surface area (Å²) in [6.45, 7) is 0. The first-order valence-corrected chi connectivity index (χ1v) is 7.55. The van der Waals surface area contributed by atoms with Crippen LogP contribution in [0.15, 0.2) is 34.9 Å². The Bertz CT molecular complexity index is 542. The molecule has 1 aromatic carbocycles. The minimum absolute atomic E-state index is 0.455. The van der Waals surface area contributed by atoms with Crippen molar-refractivity contribution in [2.75, 3.05) is 0 Å². The van der Waals surface area contributed by atoms with Gasteiger partial charge >= 0.3 is 0 Å². The van der Waals surface area contributed by atoms with Gasteiger partial charge in [0, 0.05) is 27.0 Å². The molecule has 1 N–H and O–H groups in total. The lowest BCUT2D eigenvalue weighted by Gasteiger charge is -2.13. The Labute approximate surface area is 128 Å². The molecule has 1 atom stereocenters. The molecule has 18 heavy (non-hydrogen) atoms. The van der Waals surface area contributed by atoms with Crippen LogP contribution in [0.2, 0.25) is 0 Å². The van der Waals surface area contributed by atoms with E-state index in [0.29, 0.717) is 6.42 Å². The quantitative estimate of drug-likeness (QED) is 0.769. The molecule has 0 radical (unpaired) electrons. The maximum atomic E-state index is 10.3. The van der Waals surface area contributed by atoms with Gasteiger partial charge in [0.2, 0.25) is 0 Å². The number of nitrogens with zero attached hydrogens (tertiary/aromatic N) is 2. The summed E-state index contributed by atoms with van der Waals surface area (Å²) in [6.07, 6.45) is 2.83. The first-order chi connectivity index (χ1) is 8.58. The van der Waals surface area contributed by atoms with Crippen LogP contribution in [0.1, 0.15) is 23.8 Å². The first-order valence-electron chi connectivity index (χ1n) is 5.68. The Kier molecular flexibility index (Phi) is 4.80. The molecule has 0 aliphatic rings. The number of aryl methyl sites for hydroxylation is 2. The van der Waals surface area contributed by atoms with E-state index in [-0.39, 0.29) is 0 Å². The summed E-state index contributed by atoms with van der Waals surface area (Å²) in [5.74, 6) is 0. The second-order valence-corrected chi connectivity index (χ2v) is 6.27. The standard InChI is InChI=1S/C13H14BrIN2O/c1-17-10(6-7-16-17)3-5-13(18)11-8-9(15)2-4-12(11)14/h2,4,6-8,13,18H,3,5H2,1H3. The lowest BCUT2D eigenvalue weighted by Crippen LogP contribution is -2.04. The average Bonchev–Trinajstić information content (AvgIpc) is 2.75. The summed E-state index contributed by atoms with van der Waals surface area (Å²) in [6, 6.07) is 7.99. The molecular formula is C13H14BrIN2O. The Hall–Kier alpha value is -0.400. The third-order valence-corrected chi connectivity index (χ3v) is 4.31. The smallest absolute Gasteiger partial charge is 0.0805 e. The van der Waals surface area contributed by atoms with Crippen LogP contribution >= 0.6 is 38.5 Å². The average molecular weight is 421 g/mol. The van der Waals surface area contributed by atoms with Crippen molar-refractivity contribution in [2.45, 2.75) is 18.9 Å². The molecule has 2 rings (SSSR count). The van der Waals surface area contributed by atoms with E-state index in [4.69, 9.17) is 0 Å². The predicted octanol–water partition coefficient (Wildman–Crippen LogP) is 3.45. The highest BCUT2D eigenvalue weighted by Crippen LogP contribution is 2.28. The number of hydrogen-bond acceptors (Lipinski definition) is 2. The van der Waals surface area contributed by atoms with Crippen LogP contribution in [-0.4, -0.2) is 14.9 Å². The molecule has 0 saturated heterocycles. The van der Waals surface area contributed by atoms with Crippen molar-refractivity contribution in [1.82, 2.24) is 9.78 Å². The number of aliphatic hydroxyl groups excluding tert-OH is 1. The van der Waals surface area contributed by atoms with Crippen LogP contribution in [0.4, 0.5) is 0 Å². The van der Waals surface area contributed by atoms with Crippen LogP contribution in [0, 0.1) is 3.57 Å². The van der Waals surface area contributed by atoms with Crippen molar-refractivity contribution in [1.29, 1.82) is 0 Å².